The summed E-state index contributed by atoms with van der Waals surface area (Å²) in [5.41, 5.74) is 6.57. The summed E-state index contributed by atoms with van der Waals surface area (Å²) < 4.78 is 1.18. The predicted octanol–water partition coefficient (Wildman–Crippen LogP) is -0.665. The Morgan fingerprint density at radius 2 is 2.28 bits per heavy atom. The van der Waals surface area contributed by atoms with Crippen LogP contribution in [0.15, 0.2) is 23.1 Å². The van der Waals surface area contributed by atoms with Gasteiger partial charge in [0.2, 0.25) is 0 Å². The first-order chi connectivity index (χ1) is 8.74. The summed E-state index contributed by atoms with van der Waals surface area (Å²) in [5, 5.41) is 19.7. The van der Waals surface area contributed by atoms with Gasteiger partial charge in [-0.3, -0.25) is 5.10 Å². The maximum Gasteiger partial charge on any atom is 0.364 e. The Labute approximate surface area is 100 Å². The van der Waals surface area contributed by atoms with Crippen LogP contribution >= 0.6 is 0 Å². The summed E-state index contributed by atoms with van der Waals surface area (Å²) in [7, 11) is 0. The molecule has 0 saturated carbocycles. The summed E-state index contributed by atoms with van der Waals surface area (Å²) in [6.07, 6.45) is 1.63. The van der Waals surface area contributed by atoms with Gasteiger partial charge in [-0.05, 0) is 12.1 Å². The zero-order valence-electron chi connectivity index (χ0n) is 9.21. The molecule has 5 N–H and O–H groups in total. The molecule has 0 aliphatic heterocycles. The van der Waals surface area contributed by atoms with Crippen molar-refractivity contribution in [3.05, 3.63) is 34.4 Å². The van der Waals surface area contributed by atoms with E-state index in [1.54, 1.807) is 18.3 Å². The zero-order valence-corrected chi connectivity index (χ0v) is 9.21. The lowest BCUT2D eigenvalue weighted by atomic mass is 10.3. The van der Waals surface area contributed by atoms with Crippen molar-refractivity contribution in [3.63, 3.8) is 0 Å². The van der Waals surface area contributed by atoms with Crippen LogP contribution in [0.1, 0.15) is 5.56 Å². The monoisotopic (exact) mass is 246 g/mol. The Bertz CT molecular complexity index is 738. The number of nitrogens with one attached hydrogen (secondary N) is 3. The summed E-state index contributed by atoms with van der Waals surface area (Å²) >= 11 is 0. The van der Waals surface area contributed by atoms with E-state index in [2.05, 4.69) is 30.8 Å². The first-order valence-corrected chi connectivity index (χ1v) is 5.20. The molecule has 0 aliphatic rings. The van der Waals surface area contributed by atoms with Crippen molar-refractivity contribution in [2.24, 2.45) is 0 Å². The molecule has 0 amide bonds. The van der Waals surface area contributed by atoms with Gasteiger partial charge in [0.1, 0.15) is 11.6 Å². The molecule has 3 aromatic rings. The minimum Gasteiger partial charge on any atom is -0.384 e. The van der Waals surface area contributed by atoms with Gasteiger partial charge in [0.15, 0.2) is 5.65 Å². The van der Waals surface area contributed by atoms with E-state index < -0.39 is 0 Å². The van der Waals surface area contributed by atoms with Crippen LogP contribution in [-0.2, 0) is 6.54 Å². The van der Waals surface area contributed by atoms with Crippen molar-refractivity contribution in [1.29, 1.82) is 0 Å². The van der Waals surface area contributed by atoms with Gasteiger partial charge in [0.05, 0.1) is 6.20 Å². The molecule has 0 radical (unpaired) electrons. The van der Waals surface area contributed by atoms with E-state index in [1.807, 2.05) is 0 Å². The molecule has 0 aliphatic carbocycles. The van der Waals surface area contributed by atoms with E-state index in [1.165, 1.54) is 4.52 Å². The highest BCUT2D eigenvalue weighted by molar-refractivity contribution is 5.45. The Kier molecular flexibility index (Phi) is 2.22. The molecule has 9 heteroatoms. The number of anilines is 2. The van der Waals surface area contributed by atoms with Crippen LogP contribution in [0.3, 0.4) is 0 Å². The van der Waals surface area contributed by atoms with Crippen molar-refractivity contribution in [2.75, 3.05) is 11.1 Å². The summed E-state index contributed by atoms with van der Waals surface area (Å²) in [6.45, 7) is 0.466. The number of hydrogen-bond acceptors (Lipinski definition) is 6. The minimum absolute atomic E-state index is 0.378. The lowest BCUT2D eigenvalue weighted by molar-refractivity contribution is 0.875. The molecule has 0 spiro atoms. The molecule has 0 aromatic carbocycles. The van der Waals surface area contributed by atoms with Crippen LogP contribution in [0.4, 0.5) is 11.6 Å². The van der Waals surface area contributed by atoms with Gasteiger partial charge in [-0.1, -0.05) is 0 Å². The average molecular weight is 246 g/mol. The van der Waals surface area contributed by atoms with Crippen LogP contribution in [0.2, 0.25) is 0 Å². The van der Waals surface area contributed by atoms with E-state index >= 15 is 0 Å². The SMILES string of the molecule is Nc1[nH]ncc1CNc1ccc2n[nH]c(=O)n2n1. The van der Waals surface area contributed by atoms with Gasteiger partial charge in [0.25, 0.3) is 0 Å². The highest BCUT2D eigenvalue weighted by Crippen LogP contribution is 2.09. The number of aromatic amines is 2. The molecule has 0 unspecified atom stereocenters. The second-order valence-corrected chi connectivity index (χ2v) is 3.68. The van der Waals surface area contributed by atoms with Gasteiger partial charge in [0, 0.05) is 12.1 Å². The molecular formula is C9H10N8O. The molecule has 0 fully saturated rings. The fraction of sp³-hybridized carbons (Fsp3) is 0.111. The number of nitrogens with zero attached hydrogens (tertiary/aromatic N) is 4. The predicted molar refractivity (Wildman–Crippen MR) is 63.9 cm³/mol. The number of H-pyrrole nitrogens is 2. The van der Waals surface area contributed by atoms with E-state index in [4.69, 9.17) is 5.73 Å². The zero-order chi connectivity index (χ0) is 12.5. The van der Waals surface area contributed by atoms with E-state index in [0.29, 0.717) is 23.8 Å². The van der Waals surface area contributed by atoms with E-state index in [9.17, 15) is 4.79 Å². The van der Waals surface area contributed by atoms with Crippen LogP contribution in [0, 0.1) is 0 Å². The Morgan fingerprint density at radius 3 is 3.06 bits per heavy atom. The number of aromatic nitrogens is 6. The fourth-order valence-corrected chi connectivity index (χ4v) is 1.54. The summed E-state index contributed by atoms with van der Waals surface area (Å²) in [5.74, 6) is 1.05. The number of fused-ring (bicyclic) bond motifs is 1. The van der Waals surface area contributed by atoms with Gasteiger partial charge in [-0.15, -0.1) is 5.10 Å². The van der Waals surface area contributed by atoms with Crippen molar-refractivity contribution in [3.8, 4) is 0 Å². The number of rotatable bonds is 3. The Morgan fingerprint density at radius 1 is 1.39 bits per heavy atom. The molecule has 0 saturated heterocycles. The highest BCUT2D eigenvalue weighted by Gasteiger charge is 2.04. The summed E-state index contributed by atoms with van der Waals surface area (Å²) in [4.78, 5) is 11.3. The standard InChI is InChI=1S/C9H10N8O/c10-8-5(4-12-14-8)3-11-6-1-2-7-13-15-9(18)17(7)16-6/h1-2,4H,3H2,(H,11,16)(H,15,18)(H3,10,12,14). The first kappa shape index (κ1) is 10.3. The molecule has 9 nitrogen and oxygen atoms in total. The van der Waals surface area contributed by atoms with Crippen LogP contribution in [0.25, 0.3) is 5.65 Å². The third-order valence-electron chi connectivity index (χ3n) is 2.48. The van der Waals surface area contributed by atoms with Gasteiger partial charge in [-0.25, -0.2) is 9.89 Å². The highest BCUT2D eigenvalue weighted by atomic mass is 16.2. The minimum atomic E-state index is -0.378. The molecule has 18 heavy (non-hydrogen) atoms. The summed E-state index contributed by atoms with van der Waals surface area (Å²) in [6, 6.07) is 3.41. The number of nitrogens with two attached hydrogens (primary N) is 1. The van der Waals surface area contributed by atoms with Gasteiger partial charge < -0.3 is 11.1 Å². The van der Waals surface area contributed by atoms with Crippen LogP contribution in [0.5, 0.6) is 0 Å². The lowest BCUT2D eigenvalue weighted by Gasteiger charge is -2.03. The fourth-order valence-electron chi connectivity index (χ4n) is 1.54. The molecular weight excluding hydrogens is 236 g/mol. The third kappa shape index (κ3) is 1.67. The Hall–Kier alpha value is -2.84. The molecule has 0 atom stereocenters. The molecule has 3 aromatic heterocycles. The largest absolute Gasteiger partial charge is 0.384 e. The molecule has 3 heterocycles. The maximum atomic E-state index is 11.3. The topological polar surface area (TPSA) is 130 Å². The average Bonchev–Trinajstić information content (AvgIpc) is 2.94. The van der Waals surface area contributed by atoms with Gasteiger partial charge in [-0.2, -0.15) is 14.7 Å². The third-order valence-corrected chi connectivity index (χ3v) is 2.48. The van der Waals surface area contributed by atoms with Crippen LogP contribution < -0.4 is 16.7 Å². The van der Waals surface area contributed by atoms with E-state index in [0.717, 1.165) is 5.56 Å². The second-order valence-electron chi connectivity index (χ2n) is 3.68. The number of hydrogen-bond donors (Lipinski definition) is 4. The lowest BCUT2D eigenvalue weighted by Crippen LogP contribution is -2.14. The normalized spacial score (nSPS) is 10.9. The first-order valence-electron chi connectivity index (χ1n) is 5.20. The second kappa shape index (κ2) is 3.87. The molecule has 92 valence electrons. The quantitative estimate of drug-likeness (QED) is 0.485. The van der Waals surface area contributed by atoms with Gasteiger partial charge >= 0.3 is 5.69 Å². The molecule has 3 rings (SSSR count). The van der Waals surface area contributed by atoms with Crippen LogP contribution in [-0.4, -0.2) is 30.0 Å². The van der Waals surface area contributed by atoms with Crippen molar-refractivity contribution < 1.29 is 0 Å². The Balaban J connectivity index is 1.84. The number of nitrogen functional groups attached to an aromatic ring is 1. The smallest absolute Gasteiger partial charge is 0.364 e. The molecule has 0 bridgehead atoms. The van der Waals surface area contributed by atoms with Crippen molar-refractivity contribution in [1.82, 2.24) is 30.0 Å². The van der Waals surface area contributed by atoms with E-state index in [-0.39, 0.29) is 5.69 Å². The maximum absolute atomic E-state index is 11.3. The van der Waals surface area contributed by atoms with Crippen molar-refractivity contribution in [2.45, 2.75) is 6.54 Å². The van der Waals surface area contributed by atoms with Crippen molar-refractivity contribution >= 4 is 17.3 Å².